The molecule has 3 aromatic rings. The quantitative estimate of drug-likeness (QED) is 0.486. The Labute approximate surface area is 161 Å². The number of aromatic nitrogens is 2. The highest BCUT2D eigenvalue weighted by molar-refractivity contribution is 5.94. The van der Waals surface area contributed by atoms with Gasteiger partial charge in [0.1, 0.15) is 6.04 Å². The van der Waals surface area contributed by atoms with Crippen LogP contribution in [-0.4, -0.2) is 21.0 Å². The largest absolute Gasteiger partial charge is 0.340 e. The van der Waals surface area contributed by atoms with Gasteiger partial charge in [-0.15, -0.1) is 0 Å². The second-order valence-electron chi connectivity index (χ2n) is 6.47. The lowest BCUT2D eigenvalue weighted by Gasteiger charge is -2.20. The molecule has 0 radical (unpaired) electrons. The Morgan fingerprint density at radius 2 is 1.96 bits per heavy atom. The zero-order valence-corrected chi connectivity index (χ0v) is 15.5. The zero-order valence-electron chi connectivity index (χ0n) is 15.5. The first-order valence-corrected chi connectivity index (χ1v) is 8.94. The molecule has 1 aromatic heterocycles. The van der Waals surface area contributed by atoms with Crippen molar-refractivity contribution in [2.75, 3.05) is 0 Å². The molecule has 8 heteroatoms. The molecule has 0 saturated heterocycles. The van der Waals surface area contributed by atoms with Crippen molar-refractivity contribution in [3.8, 4) is 11.4 Å². The molecule has 0 aliphatic heterocycles. The molecule has 0 aliphatic carbocycles. The van der Waals surface area contributed by atoms with E-state index in [2.05, 4.69) is 15.5 Å². The van der Waals surface area contributed by atoms with Gasteiger partial charge in [0.2, 0.25) is 11.7 Å². The Bertz CT molecular complexity index is 971. The van der Waals surface area contributed by atoms with E-state index >= 15 is 0 Å². The SMILES string of the molecule is CCC(C)C(NC(=O)c1ccccc1)c1nc(-c2cccc([N+](=O)[O-])c2)no1. The van der Waals surface area contributed by atoms with Gasteiger partial charge in [-0.05, 0) is 18.1 Å². The summed E-state index contributed by atoms with van der Waals surface area (Å²) in [6.07, 6.45) is 0.786. The minimum Gasteiger partial charge on any atom is -0.340 e. The summed E-state index contributed by atoms with van der Waals surface area (Å²) >= 11 is 0. The van der Waals surface area contributed by atoms with E-state index in [9.17, 15) is 14.9 Å². The molecule has 8 nitrogen and oxygen atoms in total. The van der Waals surface area contributed by atoms with Crippen molar-refractivity contribution in [3.05, 3.63) is 76.2 Å². The predicted molar refractivity (Wildman–Crippen MR) is 102 cm³/mol. The fourth-order valence-electron chi connectivity index (χ4n) is 2.73. The van der Waals surface area contributed by atoms with Gasteiger partial charge in [0.25, 0.3) is 11.6 Å². The maximum atomic E-state index is 12.6. The van der Waals surface area contributed by atoms with Crippen molar-refractivity contribution in [2.24, 2.45) is 5.92 Å². The molecule has 2 aromatic carbocycles. The van der Waals surface area contributed by atoms with Gasteiger partial charge in [-0.3, -0.25) is 14.9 Å². The van der Waals surface area contributed by atoms with Crippen LogP contribution in [0.5, 0.6) is 0 Å². The number of nitrogens with zero attached hydrogens (tertiary/aromatic N) is 3. The lowest BCUT2D eigenvalue weighted by molar-refractivity contribution is -0.384. The summed E-state index contributed by atoms with van der Waals surface area (Å²) in [6, 6.07) is 14.4. The van der Waals surface area contributed by atoms with Crippen LogP contribution in [0.15, 0.2) is 59.1 Å². The summed E-state index contributed by atoms with van der Waals surface area (Å²) in [6.45, 7) is 3.98. The fraction of sp³-hybridized carbons (Fsp3) is 0.250. The number of nitrogens with one attached hydrogen (secondary N) is 1. The standard InChI is InChI=1S/C20H20N4O4/c1-3-13(2)17(21-19(25)14-8-5-4-6-9-14)20-22-18(23-28-20)15-10-7-11-16(12-15)24(26)27/h4-13,17H,3H2,1-2H3,(H,21,25). The van der Waals surface area contributed by atoms with E-state index < -0.39 is 11.0 Å². The molecule has 1 amide bonds. The Kier molecular flexibility index (Phi) is 5.78. The molecule has 2 atom stereocenters. The number of hydrogen-bond donors (Lipinski definition) is 1. The Hall–Kier alpha value is -3.55. The van der Waals surface area contributed by atoms with Crippen LogP contribution >= 0.6 is 0 Å². The van der Waals surface area contributed by atoms with Crippen LogP contribution in [0, 0.1) is 16.0 Å². The molecule has 0 spiro atoms. The molecule has 3 rings (SSSR count). The van der Waals surface area contributed by atoms with E-state index in [0.717, 1.165) is 6.42 Å². The number of amides is 1. The molecule has 2 unspecified atom stereocenters. The molecular weight excluding hydrogens is 360 g/mol. The summed E-state index contributed by atoms with van der Waals surface area (Å²) < 4.78 is 5.40. The molecule has 144 valence electrons. The first-order valence-electron chi connectivity index (χ1n) is 8.94. The minimum atomic E-state index is -0.480. The van der Waals surface area contributed by atoms with Crippen LogP contribution in [-0.2, 0) is 0 Å². The van der Waals surface area contributed by atoms with Gasteiger partial charge in [0.15, 0.2) is 0 Å². The van der Waals surface area contributed by atoms with E-state index in [1.165, 1.54) is 12.1 Å². The van der Waals surface area contributed by atoms with Gasteiger partial charge in [-0.25, -0.2) is 0 Å². The zero-order chi connectivity index (χ0) is 20.1. The molecular formula is C20H20N4O4. The van der Waals surface area contributed by atoms with E-state index in [4.69, 9.17) is 4.52 Å². The molecule has 0 fully saturated rings. The van der Waals surface area contributed by atoms with Gasteiger partial charge in [-0.1, -0.05) is 55.8 Å². The van der Waals surface area contributed by atoms with Crippen molar-refractivity contribution in [2.45, 2.75) is 26.3 Å². The van der Waals surface area contributed by atoms with Crippen LogP contribution in [0.4, 0.5) is 5.69 Å². The maximum absolute atomic E-state index is 12.6. The third-order valence-electron chi connectivity index (χ3n) is 4.56. The van der Waals surface area contributed by atoms with Gasteiger partial charge in [-0.2, -0.15) is 4.98 Å². The maximum Gasteiger partial charge on any atom is 0.270 e. The number of carbonyl (C=O) groups excluding carboxylic acids is 1. The fourth-order valence-corrected chi connectivity index (χ4v) is 2.73. The number of rotatable bonds is 7. The van der Waals surface area contributed by atoms with Crippen molar-refractivity contribution in [3.63, 3.8) is 0 Å². The van der Waals surface area contributed by atoms with Crippen molar-refractivity contribution in [1.29, 1.82) is 0 Å². The van der Waals surface area contributed by atoms with E-state index in [0.29, 0.717) is 11.1 Å². The molecule has 28 heavy (non-hydrogen) atoms. The van der Waals surface area contributed by atoms with E-state index in [1.54, 1.807) is 36.4 Å². The van der Waals surface area contributed by atoms with Crippen molar-refractivity contribution >= 4 is 11.6 Å². The number of nitro groups is 1. The highest BCUT2D eigenvalue weighted by atomic mass is 16.6. The van der Waals surface area contributed by atoms with Crippen molar-refractivity contribution < 1.29 is 14.2 Å². The normalized spacial score (nSPS) is 12.9. The molecule has 0 saturated carbocycles. The van der Waals surface area contributed by atoms with Crippen LogP contribution < -0.4 is 5.32 Å². The number of carbonyl (C=O) groups is 1. The van der Waals surface area contributed by atoms with E-state index in [-0.39, 0.29) is 29.2 Å². The monoisotopic (exact) mass is 380 g/mol. The second kappa shape index (κ2) is 8.43. The number of benzene rings is 2. The summed E-state index contributed by atoms with van der Waals surface area (Å²) in [5.41, 5.74) is 0.954. The van der Waals surface area contributed by atoms with Gasteiger partial charge in [0.05, 0.1) is 4.92 Å². The first-order chi connectivity index (χ1) is 13.5. The minimum absolute atomic E-state index is 0.0473. The van der Waals surface area contributed by atoms with Crippen LogP contribution in [0.25, 0.3) is 11.4 Å². The smallest absolute Gasteiger partial charge is 0.270 e. The van der Waals surface area contributed by atoms with Crippen LogP contribution in [0.2, 0.25) is 0 Å². The highest BCUT2D eigenvalue weighted by Gasteiger charge is 2.27. The summed E-state index contributed by atoms with van der Waals surface area (Å²) in [7, 11) is 0. The average molecular weight is 380 g/mol. The topological polar surface area (TPSA) is 111 Å². The Morgan fingerprint density at radius 3 is 2.64 bits per heavy atom. The third kappa shape index (κ3) is 4.22. The van der Waals surface area contributed by atoms with Gasteiger partial charge in [0, 0.05) is 23.3 Å². The van der Waals surface area contributed by atoms with Gasteiger partial charge >= 0.3 is 0 Å². The Morgan fingerprint density at radius 1 is 1.21 bits per heavy atom. The predicted octanol–water partition coefficient (Wildman–Crippen LogP) is 4.16. The van der Waals surface area contributed by atoms with Crippen LogP contribution in [0.1, 0.15) is 42.6 Å². The third-order valence-corrected chi connectivity index (χ3v) is 4.56. The average Bonchev–Trinajstić information content (AvgIpc) is 3.22. The summed E-state index contributed by atoms with van der Waals surface area (Å²) in [5.74, 6) is 0.313. The van der Waals surface area contributed by atoms with E-state index in [1.807, 2.05) is 19.9 Å². The summed E-state index contributed by atoms with van der Waals surface area (Å²) in [4.78, 5) is 27.4. The molecule has 1 N–H and O–H groups in total. The van der Waals surface area contributed by atoms with Crippen LogP contribution in [0.3, 0.4) is 0 Å². The molecule has 0 aliphatic rings. The Balaban J connectivity index is 1.87. The number of hydrogen-bond acceptors (Lipinski definition) is 6. The number of non-ortho nitro benzene ring substituents is 1. The van der Waals surface area contributed by atoms with Crippen molar-refractivity contribution in [1.82, 2.24) is 15.5 Å². The second-order valence-corrected chi connectivity index (χ2v) is 6.47. The summed E-state index contributed by atoms with van der Waals surface area (Å²) in [5, 5.41) is 17.9. The lowest BCUT2D eigenvalue weighted by atomic mass is 9.98. The highest BCUT2D eigenvalue weighted by Crippen LogP contribution is 2.27. The molecule has 1 heterocycles. The number of nitro benzene ring substituents is 1. The van der Waals surface area contributed by atoms with Gasteiger partial charge < -0.3 is 9.84 Å². The molecule has 0 bridgehead atoms. The first kappa shape index (κ1) is 19.2. The lowest BCUT2D eigenvalue weighted by Crippen LogP contribution is -2.32.